The molecule has 20 heavy (non-hydrogen) atoms. The predicted octanol–water partition coefficient (Wildman–Crippen LogP) is 5.07. The maximum atomic E-state index is 13.7. The smallest absolute Gasteiger partial charge is 0.288 e. The molecule has 0 N–H and O–H groups in total. The van der Waals surface area contributed by atoms with Crippen molar-refractivity contribution < 1.29 is 14.1 Å². The van der Waals surface area contributed by atoms with Gasteiger partial charge in [-0.25, -0.2) is 4.39 Å². The molecule has 4 nitrogen and oxygen atoms in total. The van der Waals surface area contributed by atoms with Crippen LogP contribution in [-0.4, -0.2) is 4.92 Å². The summed E-state index contributed by atoms with van der Waals surface area (Å²) in [6, 6.07) is 8.42. The van der Waals surface area contributed by atoms with Crippen LogP contribution < -0.4 is 4.74 Å². The van der Waals surface area contributed by atoms with E-state index in [4.69, 9.17) is 16.3 Å². The van der Waals surface area contributed by atoms with E-state index >= 15 is 0 Å². The Bertz CT molecular complexity index is 666. The SMILES string of the molecule is O=[N+]([O-])c1ccc(Oc2c(F)cccc2CBr)cc1Cl. The quantitative estimate of drug-likeness (QED) is 0.434. The van der Waals surface area contributed by atoms with E-state index in [0.29, 0.717) is 10.9 Å². The van der Waals surface area contributed by atoms with Gasteiger partial charge >= 0.3 is 0 Å². The number of alkyl halides is 1. The van der Waals surface area contributed by atoms with Crippen molar-refractivity contribution in [1.29, 1.82) is 0 Å². The van der Waals surface area contributed by atoms with Crippen molar-refractivity contribution in [2.75, 3.05) is 0 Å². The van der Waals surface area contributed by atoms with Crippen LogP contribution in [-0.2, 0) is 5.33 Å². The Labute approximate surface area is 127 Å². The monoisotopic (exact) mass is 359 g/mol. The van der Waals surface area contributed by atoms with Crippen molar-refractivity contribution in [1.82, 2.24) is 0 Å². The molecule has 7 heteroatoms. The summed E-state index contributed by atoms with van der Waals surface area (Å²) in [4.78, 5) is 10.1. The van der Waals surface area contributed by atoms with E-state index in [1.807, 2.05) is 0 Å². The predicted molar refractivity (Wildman–Crippen MR) is 77.2 cm³/mol. The molecule has 0 radical (unpaired) electrons. The Hall–Kier alpha value is -1.66. The normalized spacial score (nSPS) is 10.3. The molecule has 0 amide bonds. The van der Waals surface area contributed by atoms with Crippen LogP contribution in [0, 0.1) is 15.9 Å². The largest absolute Gasteiger partial charge is 0.454 e. The van der Waals surface area contributed by atoms with E-state index in [0.717, 1.165) is 0 Å². The van der Waals surface area contributed by atoms with Gasteiger partial charge in [0.2, 0.25) is 0 Å². The molecule has 2 aromatic rings. The summed E-state index contributed by atoms with van der Waals surface area (Å²) >= 11 is 9.02. The first-order valence-corrected chi connectivity index (χ1v) is 6.98. The third-order valence-corrected chi connectivity index (χ3v) is 3.44. The summed E-state index contributed by atoms with van der Waals surface area (Å²) < 4.78 is 19.2. The highest BCUT2D eigenvalue weighted by molar-refractivity contribution is 9.08. The Morgan fingerprint density at radius 2 is 2.10 bits per heavy atom. The van der Waals surface area contributed by atoms with Crippen molar-refractivity contribution >= 4 is 33.2 Å². The van der Waals surface area contributed by atoms with Crippen molar-refractivity contribution in [2.24, 2.45) is 0 Å². The van der Waals surface area contributed by atoms with Gasteiger partial charge in [0.05, 0.1) is 4.92 Å². The molecule has 0 saturated heterocycles. The van der Waals surface area contributed by atoms with Crippen LogP contribution in [0.25, 0.3) is 0 Å². The van der Waals surface area contributed by atoms with Crippen LogP contribution >= 0.6 is 27.5 Å². The van der Waals surface area contributed by atoms with Crippen LogP contribution in [0.3, 0.4) is 0 Å². The fourth-order valence-corrected chi connectivity index (χ4v) is 2.27. The highest BCUT2D eigenvalue weighted by Crippen LogP contribution is 2.34. The van der Waals surface area contributed by atoms with E-state index in [1.165, 1.54) is 24.3 Å². The molecule has 0 unspecified atom stereocenters. The molecule has 0 fully saturated rings. The minimum atomic E-state index is -0.598. The van der Waals surface area contributed by atoms with Gasteiger partial charge in [-0.1, -0.05) is 39.7 Å². The van der Waals surface area contributed by atoms with Gasteiger partial charge in [0.25, 0.3) is 5.69 Å². The summed E-state index contributed by atoms with van der Waals surface area (Å²) in [5.74, 6) is -0.224. The number of rotatable bonds is 4. The Kier molecular flexibility index (Phi) is 4.57. The van der Waals surface area contributed by atoms with Crippen LogP contribution in [0.1, 0.15) is 5.56 Å². The average Bonchev–Trinajstić information content (AvgIpc) is 2.40. The Balaban J connectivity index is 2.36. The Morgan fingerprint density at radius 3 is 2.70 bits per heavy atom. The van der Waals surface area contributed by atoms with Gasteiger partial charge in [0.1, 0.15) is 10.8 Å². The molecular formula is C13H8BrClFNO3. The zero-order valence-electron chi connectivity index (χ0n) is 9.98. The molecular weight excluding hydrogens is 353 g/mol. The number of benzene rings is 2. The lowest BCUT2D eigenvalue weighted by Crippen LogP contribution is -1.94. The summed E-state index contributed by atoms with van der Waals surface area (Å²) in [6.07, 6.45) is 0. The first kappa shape index (κ1) is 14.7. The number of para-hydroxylation sites is 1. The van der Waals surface area contributed by atoms with Gasteiger partial charge in [-0.05, 0) is 12.1 Å². The molecule has 0 bridgehead atoms. The van der Waals surface area contributed by atoms with Gasteiger partial charge in [-0.15, -0.1) is 0 Å². The number of nitro benzene ring substituents is 1. The van der Waals surface area contributed by atoms with Crippen LogP contribution in [0.15, 0.2) is 36.4 Å². The summed E-state index contributed by atoms with van der Waals surface area (Å²) in [7, 11) is 0. The highest BCUT2D eigenvalue weighted by Gasteiger charge is 2.15. The number of nitrogens with zero attached hydrogens (tertiary/aromatic N) is 1. The third-order valence-electron chi connectivity index (χ3n) is 2.53. The van der Waals surface area contributed by atoms with Gasteiger partial charge in [0, 0.05) is 23.0 Å². The number of nitro groups is 1. The van der Waals surface area contributed by atoms with E-state index in [9.17, 15) is 14.5 Å². The third kappa shape index (κ3) is 3.08. The molecule has 0 aliphatic rings. The van der Waals surface area contributed by atoms with Crippen molar-refractivity contribution in [3.8, 4) is 11.5 Å². The summed E-state index contributed by atoms with van der Waals surface area (Å²) in [5, 5.41) is 11.0. The first-order valence-electron chi connectivity index (χ1n) is 5.48. The number of halogens is 3. The molecule has 104 valence electrons. The highest BCUT2D eigenvalue weighted by atomic mass is 79.9. The molecule has 0 atom stereocenters. The standard InChI is InChI=1S/C13H8BrClFNO3/c14-7-8-2-1-3-11(16)13(8)20-9-4-5-12(17(18)19)10(15)6-9/h1-6H,7H2. The minimum Gasteiger partial charge on any atom is -0.454 e. The zero-order valence-corrected chi connectivity index (χ0v) is 12.3. The lowest BCUT2D eigenvalue weighted by Gasteiger charge is -2.10. The molecule has 0 aliphatic carbocycles. The van der Waals surface area contributed by atoms with E-state index in [2.05, 4.69) is 15.9 Å². The molecule has 0 heterocycles. The first-order chi connectivity index (χ1) is 9.52. The second-order valence-corrected chi connectivity index (χ2v) is 4.80. The topological polar surface area (TPSA) is 52.4 Å². The fraction of sp³-hybridized carbons (Fsp3) is 0.0769. The van der Waals surface area contributed by atoms with Crippen molar-refractivity contribution in [2.45, 2.75) is 5.33 Å². The molecule has 0 saturated carbocycles. The average molecular weight is 361 g/mol. The van der Waals surface area contributed by atoms with Gasteiger partial charge in [0.15, 0.2) is 11.6 Å². The fourth-order valence-electron chi connectivity index (χ4n) is 1.59. The van der Waals surface area contributed by atoms with Crippen molar-refractivity contribution in [3.63, 3.8) is 0 Å². The molecule has 0 aliphatic heterocycles. The maximum absolute atomic E-state index is 13.7. The zero-order chi connectivity index (χ0) is 14.7. The number of hydrogen-bond donors (Lipinski definition) is 0. The Morgan fingerprint density at radius 1 is 1.35 bits per heavy atom. The molecule has 0 spiro atoms. The minimum absolute atomic E-state index is 0.0642. The molecule has 0 aromatic heterocycles. The molecule has 2 aromatic carbocycles. The van der Waals surface area contributed by atoms with E-state index in [-0.39, 0.29) is 22.2 Å². The van der Waals surface area contributed by atoms with E-state index < -0.39 is 10.7 Å². The maximum Gasteiger partial charge on any atom is 0.288 e. The lowest BCUT2D eigenvalue weighted by molar-refractivity contribution is -0.384. The van der Waals surface area contributed by atoms with E-state index in [1.54, 1.807) is 12.1 Å². The molecule has 2 rings (SSSR count). The number of hydrogen-bond acceptors (Lipinski definition) is 3. The van der Waals surface area contributed by atoms with Crippen LogP contribution in [0.2, 0.25) is 5.02 Å². The van der Waals surface area contributed by atoms with Crippen LogP contribution in [0.5, 0.6) is 11.5 Å². The summed E-state index contributed by atoms with van der Waals surface area (Å²) in [6.45, 7) is 0. The van der Waals surface area contributed by atoms with Gasteiger partial charge in [-0.2, -0.15) is 0 Å². The van der Waals surface area contributed by atoms with Crippen molar-refractivity contribution in [3.05, 3.63) is 62.9 Å². The van der Waals surface area contributed by atoms with Crippen LogP contribution in [0.4, 0.5) is 10.1 Å². The van der Waals surface area contributed by atoms with Gasteiger partial charge < -0.3 is 4.74 Å². The summed E-state index contributed by atoms with van der Waals surface area (Å²) in [5.41, 5.74) is 0.396. The number of ether oxygens (including phenoxy) is 1. The second kappa shape index (κ2) is 6.19. The van der Waals surface area contributed by atoms with Gasteiger partial charge in [-0.3, -0.25) is 10.1 Å². The second-order valence-electron chi connectivity index (χ2n) is 3.83. The lowest BCUT2D eigenvalue weighted by atomic mass is 10.2.